The van der Waals surface area contributed by atoms with Crippen LogP contribution in [-0.4, -0.2) is 0 Å². The Labute approximate surface area is 229 Å². The van der Waals surface area contributed by atoms with Crippen molar-refractivity contribution in [3.05, 3.63) is 151 Å². The summed E-state index contributed by atoms with van der Waals surface area (Å²) in [6.07, 6.45) is 3.53. The zero-order chi connectivity index (χ0) is 25.6. The van der Waals surface area contributed by atoms with Gasteiger partial charge in [-0.3, -0.25) is 0 Å². The van der Waals surface area contributed by atoms with E-state index < -0.39 is 17.2 Å². The first kappa shape index (κ1) is 25.8. The molecule has 0 aliphatic carbocycles. The van der Waals surface area contributed by atoms with E-state index in [1.165, 1.54) is 42.9 Å². The molecular weight excluding hydrogens is 505 g/mol. The Morgan fingerprint density at radius 3 is 1.30 bits per heavy atom. The van der Waals surface area contributed by atoms with Gasteiger partial charge in [-0.15, -0.1) is 11.7 Å². The number of unbranched alkanes of at least 4 members (excludes halogenated alkanes) is 1. The highest BCUT2D eigenvalue weighted by Crippen LogP contribution is 3.03. The summed E-state index contributed by atoms with van der Waals surface area (Å²) < 4.78 is 0. The lowest BCUT2D eigenvalue weighted by atomic mass is 10.1. The van der Waals surface area contributed by atoms with E-state index in [0.717, 1.165) is 6.42 Å². The van der Waals surface area contributed by atoms with E-state index in [4.69, 9.17) is 11.7 Å². The molecule has 0 bridgehead atoms. The fourth-order valence-corrected chi connectivity index (χ4v) is 21.0. The Morgan fingerprint density at radius 2 is 0.892 bits per heavy atom. The van der Waals surface area contributed by atoms with E-state index in [0.29, 0.717) is 0 Å². The molecular formula is C34H36S3. The minimum Gasteiger partial charge on any atom is -0.164 e. The van der Waals surface area contributed by atoms with Crippen LogP contribution < -0.4 is 0 Å². The summed E-state index contributed by atoms with van der Waals surface area (Å²) in [5, 5.41) is 0. The topological polar surface area (TPSA) is 0 Å². The maximum absolute atomic E-state index is 6.16. The van der Waals surface area contributed by atoms with Crippen LogP contribution in [0.2, 0.25) is 0 Å². The Hall–Kier alpha value is -2.85. The Morgan fingerprint density at radius 1 is 0.514 bits per heavy atom. The van der Waals surface area contributed by atoms with E-state index in [1.54, 1.807) is 0 Å². The van der Waals surface area contributed by atoms with Crippen molar-refractivity contribution in [1.29, 1.82) is 0 Å². The van der Waals surface area contributed by atoms with Crippen molar-refractivity contribution in [3.8, 4) is 0 Å². The van der Waals surface area contributed by atoms with Gasteiger partial charge in [0.1, 0.15) is 0 Å². The standard InChI is InChI=1S/C34H36S3/c1-2-3-16-29-25-27-34(28-26-29)37(35,32-21-12-6-13-22-32,33-23-14-7-15-24-33)36(30-17-8-4-9-18-30)31-19-10-5-11-20-31/h4-15,17-28,35-37H,2-3,16H2,1H3. The molecule has 0 atom stereocenters. The molecule has 37 heavy (non-hydrogen) atoms. The summed E-state index contributed by atoms with van der Waals surface area (Å²) in [5.74, 6) is 0. The molecule has 3 heteroatoms. The van der Waals surface area contributed by atoms with Gasteiger partial charge < -0.3 is 0 Å². The molecule has 0 N–H and O–H groups in total. The summed E-state index contributed by atoms with van der Waals surface area (Å²) in [5.41, 5.74) is 1.40. The largest absolute Gasteiger partial charge is 0.164 e. The highest BCUT2D eigenvalue weighted by atomic mass is 33.6. The van der Waals surface area contributed by atoms with Crippen LogP contribution in [0.15, 0.2) is 170 Å². The lowest BCUT2D eigenvalue weighted by Gasteiger charge is -2.66. The zero-order valence-electron chi connectivity index (χ0n) is 21.3. The van der Waals surface area contributed by atoms with Crippen LogP contribution >= 0.6 is 28.8 Å². The smallest absolute Gasteiger partial charge is 0.000948 e. The molecule has 0 radical (unpaired) electrons. The van der Waals surface area contributed by atoms with Gasteiger partial charge in [0.05, 0.1) is 0 Å². The quantitative estimate of drug-likeness (QED) is 0.120. The lowest BCUT2D eigenvalue weighted by molar-refractivity contribution is 0.794. The average molecular weight is 541 g/mol. The number of hydrogen-bond donors (Lipinski definition) is 3. The predicted molar refractivity (Wildman–Crippen MR) is 169 cm³/mol. The minimum absolute atomic E-state index is 0.935. The zero-order valence-corrected chi connectivity index (χ0v) is 24.0. The van der Waals surface area contributed by atoms with Gasteiger partial charge in [0.2, 0.25) is 0 Å². The van der Waals surface area contributed by atoms with E-state index >= 15 is 0 Å². The maximum atomic E-state index is 6.16. The molecule has 0 fully saturated rings. The second-order valence-corrected chi connectivity index (χ2v) is 21.7. The molecule has 5 rings (SSSR count). The predicted octanol–water partition coefficient (Wildman–Crippen LogP) is 10.5. The third-order valence-electron chi connectivity index (χ3n) is 7.13. The van der Waals surface area contributed by atoms with Crippen molar-refractivity contribution in [2.45, 2.75) is 50.7 Å². The molecule has 0 spiro atoms. The van der Waals surface area contributed by atoms with Crippen LogP contribution in [0.25, 0.3) is 0 Å². The second kappa shape index (κ2) is 11.3. The normalized spacial score (nSPS) is 12.9. The van der Waals surface area contributed by atoms with Gasteiger partial charge in [0.25, 0.3) is 0 Å². The van der Waals surface area contributed by atoms with Gasteiger partial charge >= 0.3 is 0 Å². The first-order valence-corrected chi connectivity index (χ1v) is 18.5. The molecule has 0 unspecified atom stereocenters. The van der Waals surface area contributed by atoms with Crippen molar-refractivity contribution >= 4 is 28.8 Å². The van der Waals surface area contributed by atoms with Gasteiger partial charge in [0.15, 0.2) is 0 Å². The molecule has 0 aromatic heterocycles. The van der Waals surface area contributed by atoms with Gasteiger partial charge in [-0.25, -0.2) is 0 Å². The first-order chi connectivity index (χ1) is 18.2. The summed E-state index contributed by atoms with van der Waals surface area (Å²) in [6.45, 7) is 2.26. The fourth-order valence-electron chi connectivity index (χ4n) is 5.28. The lowest BCUT2D eigenvalue weighted by Crippen LogP contribution is -2.15. The molecule has 0 saturated carbocycles. The first-order valence-electron chi connectivity index (χ1n) is 13.0. The fraction of sp³-hybridized carbons (Fsp3) is 0.118. The highest BCUT2D eigenvalue weighted by Gasteiger charge is 2.49. The van der Waals surface area contributed by atoms with E-state index in [-0.39, 0.29) is 0 Å². The van der Waals surface area contributed by atoms with Crippen LogP contribution in [0.3, 0.4) is 0 Å². The number of thiol groups is 3. The molecule has 0 saturated heterocycles. The van der Waals surface area contributed by atoms with Crippen LogP contribution in [0.5, 0.6) is 0 Å². The van der Waals surface area contributed by atoms with E-state index in [2.05, 4.69) is 153 Å². The molecule has 0 heterocycles. The third kappa shape index (κ3) is 4.65. The monoisotopic (exact) mass is 540 g/mol. The summed E-state index contributed by atoms with van der Waals surface area (Å²) in [6, 6.07) is 53.8. The van der Waals surface area contributed by atoms with Gasteiger partial charge in [-0.05, 0) is 104 Å². The second-order valence-electron chi connectivity index (χ2n) is 9.45. The average Bonchev–Trinajstić information content (AvgIpc) is 2.98. The van der Waals surface area contributed by atoms with Crippen molar-refractivity contribution in [2.24, 2.45) is 0 Å². The van der Waals surface area contributed by atoms with Crippen molar-refractivity contribution < 1.29 is 0 Å². The Bertz CT molecular complexity index is 1320. The van der Waals surface area contributed by atoms with Crippen molar-refractivity contribution in [1.82, 2.24) is 0 Å². The van der Waals surface area contributed by atoms with Crippen LogP contribution in [0.4, 0.5) is 0 Å². The Kier molecular flexibility index (Phi) is 7.85. The highest BCUT2D eigenvalue weighted by molar-refractivity contribution is 9.33. The number of aryl methyl sites for hydroxylation is 1. The molecule has 190 valence electrons. The minimum atomic E-state index is -3.37. The summed E-state index contributed by atoms with van der Waals surface area (Å²) in [7, 11) is -4.30. The molecule has 5 aromatic rings. The van der Waals surface area contributed by atoms with Gasteiger partial charge in [-0.1, -0.05) is 98.3 Å². The molecule has 0 aliphatic rings. The molecule has 0 nitrogen and oxygen atoms in total. The summed E-state index contributed by atoms with van der Waals surface area (Å²) >= 11 is 6.16. The molecule has 0 aliphatic heterocycles. The van der Waals surface area contributed by atoms with E-state index in [9.17, 15) is 0 Å². The van der Waals surface area contributed by atoms with E-state index in [1.807, 2.05) is 0 Å². The van der Waals surface area contributed by atoms with Crippen LogP contribution in [0.1, 0.15) is 25.3 Å². The SMILES string of the molecule is CCCCc1ccc([SH](S)(c2ccccc2)(c2ccccc2)[SH](c2ccccc2)c2ccccc2)cc1. The van der Waals surface area contributed by atoms with Crippen molar-refractivity contribution in [2.75, 3.05) is 0 Å². The van der Waals surface area contributed by atoms with Crippen LogP contribution in [-0.2, 0) is 6.42 Å². The summed E-state index contributed by atoms with van der Waals surface area (Å²) in [4.78, 5) is 6.63. The van der Waals surface area contributed by atoms with Crippen LogP contribution in [0, 0.1) is 0 Å². The maximum Gasteiger partial charge on any atom is -0.000948 e. The number of rotatable bonds is 9. The molecule has 0 amide bonds. The third-order valence-corrected chi connectivity index (χ3v) is 22.8. The number of benzene rings is 5. The Balaban J connectivity index is 1.93. The van der Waals surface area contributed by atoms with Crippen molar-refractivity contribution in [3.63, 3.8) is 0 Å². The number of hydrogen-bond acceptors (Lipinski definition) is 1. The van der Waals surface area contributed by atoms with Gasteiger partial charge in [-0.2, -0.15) is 17.2 Å². The van der Waals surface area contributed by atoms with Gasteiger partial charge in [0, 0.05) is 0 Å². The molecule has 5 aromatic carbocycles.